The molecule has 6 aromatic rings. The maximum absolute atomic E-state index is 2.63. The first-order chi connectivity index (χ1) is 26.4. The fourth-order valence-corrected chi connectivity index (χ4v) is 10.0. The van der Waals surface area contributed by atoms with Crippen molar-refractivity contribution < 1.29 is 0 Å². The monoisotopic (exact) mass is 733 g/mol. The van der Waals surface area contributed by atoms with Gasteiger partial charge in [0.1, 0.15) is 0 Å². The summed E-state index contributed by atoms with van der Waals surface area (Å²) < 4.78 is 0. The second-order valence-electron chi connectivity index (χ2n) is 20.6. The normalized spacial score (nSPS) is 19.8. The number of allylic oxidation sites excluding steroid dienone is 6. The molecule has 0 saturated heterocycles. The van der Waals surface area contributed by atoms with Gasteiger partial charge in [-0.3, -0.25) is 0 Å². The van der Waals surface area contributed by atoms with E-state index in [2.05, 4.69) is 202 Å². The minimum absolute atomic E-state index is 0.0698. The molecule has 9 rings (SSSR count). The molecule has 6 aromatic carbocycles. The van der Waals surface area contributed by atoms with Crippen molar-refractivity contribution in [2.75, 3.05) is 4.90 Å². The van der Waals surface area contributed by atoms with Crippen LogP contribution in [0.25, 0.3) is 37.9 Å². The summed E-state index contributed by atoms with van der Waals surface area (Å²) in [5.41, 5.74) is 14.2. The molecule has 56 heavy (non-hydrogen) atoms. The van der Waals surface area contributed by atoms with Crippen LogP contribution in [0, 0.1) is 11.3 Å². The zero-order chi connectivity index (χ0) is 39.5. The molecule has 0 radical (unpaired) electrons. The zero-order valence-electron chi connectivity index (χ0n) is 35.6. The molecule has 0 spiro atoms. The van der Waals surface area contributed by atoms with Gasteiger partial charge in [-0.1, -0.05) is 179 Å². The molecular formula is C55H59N. The minimum atomic E-state index is -0.0698. The van der Waals surface area contributed by atoms with Crippen molar-refractivity contribution in [2.24, 2.45) is 11.3 Å². The Balaban J connectivity index is 1.10. The van der Waals surface area contributed by atoms with Crippen molar-refractivity contribution >= 4 is 49.3 Å². The fourth-order valence-electron chi connectivity index (χ4n) is 10.0. The van der Waals surface area contributed by atoms with Gasteiger partial charge in [0.2, 0.25) is 0 Å². The van der Waals surface area contributed by atoms with Gasteiger partial charge >= 0.3 is 0 Å². The highest BCUT2D eigenvalue weighted by atomic mass is 15.2. The molecular weight excluding hydrogens is 675 g/mol. The fraction of sp³-hybridized carbons (Fsp3) is 0.345. The Morgan fingerprint density at radius 2 is 1.09 bits per heavy atom. The smallest absolute Gasteiger partial charge is 0.0563 e. The molecule has 0 aliphatic heterocycles. The lowest BCUT2D eigenvalue weighted by atomic mass is 9.76. The van der Waals surface area contributed by atoms with Gasteiger partial charge in [0.05, 0.1) is 6.04 Å². The van der Waals surface area contributed by atoms with Gasteiger partial charge in [-0.05, 0) is 125 Å². The van der Waals surface area contributed by atoms with E-state index in [-0.39, 0.29) is 27.7 Å². The Morgan fingerprint density at radius 1 is 0.554 bits per heavy atom. The maximum atomic E-state index is 2.63. The third kappa shape index (κ3) is 5.96. The summed E-state index contributed by atoms with van der Waals surface area (Å²) in [6.07, 6.45) is 12.4. The first-order valence-electron chi connectivity index (χ1n) is 21.0. The lowest BCUT2D eigenvalue weighted by Gasteiger charge is -2.36. The van der Waals surface area contributed by atoms with Crippen molar-refractivity contribution in [2.45, 2.75) is 111 Å². The van der Waals surface area contributed by atoms with Crippen LogP contribution in [-0.4, -0.2) is 6.04 Å². The van der Waals surface area contributed by atoms with Gasteiger partial charge in [0, 0.05) is 22.7 Å². The molecule has 3 aliphatic carbocycles. The lowest BCUT2D eigenvalue weighted by Crippen LogP contribution is -2.32. The van der Waals surface area contributed by atoms with E-state index >= 15 is 0 Å². The number of nitrogens with zero attached hydrogens (tertiary/aromatic N) is 1. The molecule has 1 saturated carbocycles. The van der Waals surface area contributed by atoms with Crippen LogP contribution in [0.15, 0.2) is 138 Å². The number of hydrogen-bond donors (Lipinski definition) is 0. The molecule has 0 heterocycles. The van der Waals surface area contributed by atoms with E-state index in [9.17, 15) is 0 Å². The first kappa shape index (κ1) is 36.7. The summed E-state index contributed by atoms with van der Waals surface area (Å²) in [5.74, 6) is 0.433. The van der Waals surface area contributed by atoms with Gasteiger partial charge in [0.25, 0.3) is 0 Å². The highest BCUT2D eigenvalue weighted by Crippen LogP contribution is 2.59. The van der Waals surface area contributed by atoms with Gasteiger partial charge in [-0.2, -0.15) is 0 Å². The SMILES string of the molecule is CC1(C)C2=CC(N(c3ccc(C(C)(C)C)cc3)c3ccc(C(C)(C)C)cc3)CC=C2C2CC=C(c3ccc4ccc5cc(C(C)(C)C)cc6ccc3c4c56)C=C21. The first-order valence-corrected chi connectivity index (χ1v) is 21.0. The predicted molar refractivity (Wildman–Crippen MR) is 244 cm³/mol. The predicted octanol–water partition coefficient (Wildman–Crippen LogP) is 15.3. The summed E-state index contributed by atoms with van der Waals surface area (Å²) in [4.78, 5) is 2.59. The maximum Gasteiger partial charge on any atom is 0.0563 e. The summed E-state index contributed by atoms with van der Waals surface area (Å²) in [6.45, 7) is 25.7. The number of hydrogen-bond acceptors (Lipinski definition) is 1. The second-order valence-corrected chi connectivity index (χ2v) is 20.6. The summed E-state index contributed by atoms with van der Waals surface area (Å²) in [7, 11) is 0. The van der Waals surface area contributed by atoms with Crippen LogP contribution in [0.5, 0.6) is 0 Å². The molecule has 1 nitrogen and oxygen atoms in total. The van der Waals surface area contributed by atoms with Crippen LogP contribution in [-0.2, 0) is 16.2 Å². The van der Waals surface area contributed by atoms with Gasteiger partial charge in [-0.25, -0.2) is 0 Å². The van der Waals surface area contributed by atoms with E-state index in [0.717, 1.165) is 12.8 Å². The van der Waals surface area contributed by atoms with E-state index in [1.807, 2.05) is 0 Å². The Labute approximate surface area is 335 Å². The Morgan fingerprint density at radius 3 is 1.66 bits per heavy atom. The van der Waals surface area contributed by atoms with Crippen LogP contribution in [0.2, 0.25) is 0 Å². The van der Waals surface area contributed by atoms with E-state index in [0.29, 0.717) is 5.92 Å². The van der Waals surface area contributed by atoms with Crippen molar-refractivity contribution in [3.05, 3.63) is 160 Å². The zero-order valence-corrected chi connectivity index (χ0v) is 35.6. The summed E-state index contributed by atoms with van der Waals surface area (Å²) >= 11 is 0. The third-order valence-corrected chi connectivity index (χ3v) is 13.4. The molecule has 1 fully saturated rings. The van der Waals surface area contributed by atoms with Crippen molar-refractivity contribution in [1.82, 2.24) is 0 Å². The van der Waals surface area contributed by atoms with Crippen LogP contribution in [0.4, 0.5) is 11.4 Å². The molecule has 2 unspecified atom stereocenters. The number of fused-ring (bicyclic) bond motifs is 3. The standard InChI is InChI=1S/C55H59N/c1-52(2,3)38-17-21-41(22-18-38)56(42-23-19-39(20-24-42)53(4,5)6)43-25-29-46-45-27-15-35(32-48(45)55(10,11)49(46)33-43)44-26-14-34-12-13-36-30-40(54(7,8)9)31-37-16-28-47(44)51(34)50(36)37/h12-24,26,28-33,43,45H,25,27H2,1-11H3. The van der Waals surface area contributed by atoms with Crippen LogP contribution in [0.3, 0.4) is 0 Å². The topological polar surface area (TPSA) is 3.24 Å². The van der Waals surface area contributed by atoms with Gasteiger partial charge in [0.15, 0.2) is 0 Å². The van der Waals surface area contributed by atoms with E-state index in [4.69, 9.17) is 0 Å². The largest absolute Gasteiger partial charge is 0.334 e. The Bertz CT molecular complexity index is 2560. The minimum Gasteiger partial charge on any atom is -0.334 e. The van der Waals surface area contributed by atoms with E-state index in [1.165, 1.54) is 77.1 Å². The van der Waals surface area contributed by atoms with Crippen LogP contribution in [0.1, 0.15) is 111 Å². The lowest BCUT2D eigenvalue weighted by molar-refractivity contribution is 0.541. The van der Waals surface area contributed by atoms with Crippen molar-refractivity contribution in [3.63, 3.8) is 0 Å². The van der Waals surface area contributed by atoms with Gasteiger partial charge in [-0.15, -0.1) is 0 Å². The average Bonchev–Trinajstić information content (AvgIpc) is 3.38. The second kappa shape index (κ2) is 12.6. The van der Waals surface area contributed by atoms with Crippen molar-refractivity contribution in [3.8, 4) is 0 Å². The molecule has 3 aliphatic rings. The van der Waals surface area contributed by atoms with E-state index < -0.39 is 0 Å². The summed E-state index contributed by atoms with van der Waals surface area (Å²) in [5, 5.41) is 8.18. The number of anilines is 2. The average molecular weight is 734 g/mol. The van der Waals surface area contributed by atoms with E-state index in [1.54, 1.807) is 11.1 Å². The highest BCUT2D eigenvalue weighted by molar-refractivity contribution is 6.25. The summed E-state index contributed by atoms with van der Waals surface area (Å²) in [6, 6.07) is 37.9. The quantitative estimate of drug-likeness (QED) is 0.163. The molecule has 0 amide bonds. The third-order valence-electron chi connectivity index (χ3n) is 13.4. The molecule has 0 bridgehead atoms. The Hall–Kier alpha value is -4.88. The Kier molecular flexibility index (Phi) is 8.24. The molecule has 284 valence electrons. The number of rotatable bonds is 4. The molecule has 2 atom stereocenters. The highest BCUT2D eigenvalue weighted by Gasteiger charge is 2.46. The van der Waals surface area contributed by atoms with Crippen molar-refractivity contribution in [1.29, 1.82) is 0 Å². The van der Waals surface area contributed by atoms with Gasteiger partial charge < -0.3 is 4.90 Å². The molecule has 0 N–H and O–H groups in total. The van der Waals surface area contributed by atoms with Crippen LogP contribution >= 0.6 is 0 Å². The molecule has 0 aromatic heterocycles. The molecule has 1 heteroatoms. The van der Waals surface area contributed by atoms with Crippen LogP contribution < -0.4 is 4.90 Å². The number of benzene rings is 6.